The second kappa shape index (κ2) is 12.0. The van der Waals surface area contributed by atoms with E-state index in [4.69, 9.17) is 4.98 Å². The van der Waals surface area contributed by atoms with Crippen LogP contribution < -0.4 is 4.90 Å². The maximum absolute atomic E-state index is 13.7. The van der Waals surface area contributed by atoms with Gasteiger partial charge in [0.25, 0.3) is 5.91 Å². The highest BCUT2D eigenvalue weighted by Crippen LogP contribution is 2.32. The van der Waals surface area contributed by atoms with E-state index in [0.717, 1.165) is 42.7 Å². The predicted octanol–water partition coefficient (Wildman–Crippen LogP) is 5.11. The van der Waals surface area contributed by atoms with Crippen molar-refractivity contribution in [3.63, 3.8) is 0 Å². The number of aryl methyl sites for hydroxylation is 2. The van der Waals surface area contributed by atoms with Crippen LogP contribution in [0.4, 0.5) is 5.13 Å². The molecule has 0 bridgehead atoms. The smallest absolute Gasteiger partial charge is 0.260 e. The van der Waals surface area contributed by atoms with E-state index in [1.807, 2.05) is 0 Å². The van der Waals surface area contributed by atoms with E-state index < -0.39 is 10.0 Å². The number of sulfonamides is 1. The number of anilines is 1. The number of likely N-dealkylation sites (N-methyl/N-ethyl adjacent to an activating group) is 1. The molecule has 1 aliphatic rings. The summed E-state index contributed by atoms with van der Waals surface area (Å²) in [5, 5.41) is 0.663. The third-order valence-electron chi connectivity index (χ3n) is 6.81. The van der Waals surface area contributed by atoms with Gasteiger partial charge >= 0.3 is 0 Å². The highest BCUT2D eigenvalue weighted by atomic mass is 35.5. The molecule has 0 unspecified atom stereocenters. The molecule has 0 saturated carbocycles. The zero-order valence-corrected chi connectivity index (χ0v) is 23.8. The second-order valence-electron chi connectivity index (χ2n) is 9.02. The highest BCUT2D eigenvalue weighted by molar-refractivity contribution is 7.89. The summed E-state index contributed by atoms with van der Waals surface area (Å²) < 4.78 is 28.3. The number of amides is 1. The largest absolute Gasteiger partial charge is 0.302 e. The molecule has 36 heavy (non-hydrogen) atoms. The Hall–Kier alpha value is -2.04. The molecule has 0 aliphatic carbocycles. The molecule has 3 aromatic rings. The minimum atomic E-state index is -3.52. The summed E-state index contributed by atoms with van der Waals surface area (Å²) in [6.07, 6.45) is 1.77. The first-order valence-corrected chi connectivity index (χ1v) is 14.5. The molecule has 1 aliphatic heterocycles. The van der Waals surface area contributed by atoms with E-state index >= 15 is 0 Å². The van der Waals surface area contributed by atoms with Crippen molar-refractivity contribution in [2.45, 2.75) is 45.4 Å². The lowest BCUT2D eigenvalue weighted by molar-refractivity contribution is 0.0983. The van der Waals surface area contributed by atoms with Crippen LogP contribution in [0.3, 0.4) is 0 Å². The zero-order valence-electron chi connectivity index (χ0n) is 21.4. The average Bonchev–Trinajstić information content (AvgIpc) is 3.53. The van der Waals surface area contributed by atoms with Gasteiger partial charge in [0.1, 0.15) is 0 Å². The predicted molar refractivity (Wildman–Crippen MR) is 150 cm³/mol. The van der Waals surface area contributed by atoms with Crippen LogP contribution >= 0.6 is 23.7 Å². The molecule has 7 nitrogen and oxygen atoms in total. The van der Waals surface area contributed by atoms with Crippen LogP contribution in [0.15, 0.2) is 41.3 Å². The number of aromatic nitrogens is 1. The number of rotatable bonds is 9. The summed E-state index contributed by atoms with van der Waals surface area (Å²) in [6.45, 7) is 12.5. The normalized spacial score (nSPS) is 14.4. The number of halogens is 1. The fraction of sp³-hybridized carbons (Fsp3) is 0.462. The molecule has 2 heterocycles. The van der Waals surface area contributed by atoms with E-state index in [1.54, 1.807) is 29.2 Å². The van der Waals surface area contributed by atoms with Crippen molar-refractivity contribution in [3.05, 3.63) is 53.1 Å². The van der Waals surface area contributed by atoms with Crippen LogP contribution in [-0.2, 0) is 10.0 Å². The second-order valence-corrected chi connectivity index (χ2v) is 12.0. The number of hydrogen-bond donors (Lipinski definition) is 0. The quantitative estimate of drug-likeness (QED) is 0.370. The van der Waals surface area contributed by atoms with Crippen molar-refractivity contribution in [1.82, 2.24) is 14.2 Å². The van der Waals surface area contributed by atoms with Crippen molar-refractivity contribution in [3.8, 4) is 0 Å². The Morgan fingerprint density at radius 3 is 2.22 bits per heavy atom. The molecule has 0 atom stereocenters. The summed E-state index contributed by atoms with van der Waals surface area (Å²) in [5.74, 6) is -0.172. The minimum Gasteiger partial charge on any atom is -0.302 e. The monoisotopic (exact) mass is 550 g/mol. The van der Waals surface area contributed by atoms with Crippen LogP contribution in [0, 0.1) is 13.8 Å². The van der Waals surface area contributed by atoms with E-state index in [1.165, 1.54) is 26.8 Å². The summed E-state index contributed by atoms with van der Waals surface area (Å²) in [5.41, 5.74) is 3.71. The van der Waals surface area contributed by atoms with Crippen molar-refractivity contribution in [2.75, 3.05) is 44.2 Å². The molecule has 1 amide bonds. The molecule has 1 aromatic heterocycles. The van der Waals surface area contributed by atoms with E-state index in [2.05, 4.69) is 44.7 Å². The Morgan fingerprint density at radius 2 is 1.61 bits per heavy atom. The highest BCUT2D eigenvalue weighted by Gasteiger charge is 2.28. The molecule has 0 spiro atoms. The zero-order chi connectivity index (χ0) is 25.2. The summed E-state index contributed by atoms with van der Waals surface area (Å²) in [6, 6.07) is 10.5. The lowest BCUT2D eigenvalue weighted by Gasteiger charge is -2.25. The summed E-state index contributed by atoms with van der Waals surface area (Å²) in [4.78, 5) is 22.7. The molecule has 1 saturated heterocycles. The Morgan fingerprint density at radius 1 is 1.00 bits per heavy atom. The summed E-state index contributed by atoms with van der Waals surface area (Å²) in [7, 11) is -3.52. The van der Waals surface area contributed by atoms with E-state index in [9.17, 15) is 13.2 Å². The van der Waals surface area contributed by atoms with Gasteiger partial charge in [0.05, 0.1) is 15.1 Å². The maximum Gasteiger partial charge on any atom is 0.260 e. The molecule has 196 valence electrons. The van der Waals surface area contributed by atoms with Gasteiger partial charge in [-0.15, -0.1) is 12.4 Å². The van der Waals surface area contributed by atoms with Gasteiger partial charge in [-0.2, -0.15) is 4.31 Å². The number of thiazole rings is 1. The van der Waals surface area contributed by atoms with Crippen LogP contribution in [-0.4, -0.2) is 67.8 Å². The molecule has 4 rings (SSSR count). The number of fused-ring (bicyclic) bond motifs is 1. The maximum atomic E-state index is 13.7. The molecule has 0 N–H and O–H groups in total. The molecule has 2 aromatic carbocycles. The molecular formula is C26H35ClN4O3S2. The molecular weight excluding hydrogens is 516 g/mol. The Bertz CT molecular complexity index is 1260. The average molecular weight is 551 g/mol. The van der Waals surface area contributed by atoms with Crippen LogP contribution in [0.25, 0.3) is 10.2 Å². The van der Waals surface area contributed by atoms with Gasteiger partial charge in [-0.3, -0.25) is 9.69 Å². The first-order valence-electron chi connectivity index (χ1n) is 12.3. The number of carbonyl (C=O) groups excluding carboxylic acids is 1. The number of hydrogen-bond acceptors (Lipinski definition) is 6. The SMILES string of the molecule is CCN(CC)CCN(C(=O)c1ccc(S(=O)(=O)N2CCCC2)cc1)c1nc2cc(C)c(C)cc2s1.Cl. The van der Waals surface area contributed by atoms with Gasteiger partial charge < -0.3 is 4.90 Å². The van der Waals surface area contributed by atoms with Crippen LogP contribution in [0.1, 0.15) is 48.2 Å². The van der Waals surface area contributed by atoms with E-state index in [-0.39, 0.29) is 23.2 Å². The van der Waals surface area contributed by atoms with E-state index in [0.29, 0.717) is 30.3 Å². The van der Waals surface area contributed by atoms with Gasteiger partial charge in [0, 0.05) is 31.7 Å². The van der Waals surface area contributed by atoms with Gasteiger partial charge in [0.2, 0.25) is 10.0 Å². The molecule has 0 radical (unpaired) electrons. The number of carbonyl (C=O) groups is 1. The first-order chi connectivity index (χ1) is 16.7. The topological polar surface area (TPSA) is 73.8 Å². The van der Waals surface area contributed by atoms with Crippen molar-refractivity contribution in [2.24, 2.45) is 0 Å². The third kappa shape index (κ3) is 5.92. The minimum absolute atomic E-state index is 0. The third-order valence-corrected chi connectivity index (χ3v) is 9.76. The Balaban J connectivity index is 0.00000361. The fourth-order valence-electron chi connectivity index (χ4n) is 4.35. The van der Waals surface area contributed by atoms with Crippen molar-refractivity contribution in [1.29, 1.82) is 0 Å². The van der Waals surface area contributed by atoms with Gasteiger partial charge in [-0.25, -0.2) is 13.4 Å². The summed E-state index contributed by atoms with van der Waals surface area (Å²) >= 11 is 1.52. The lowest BCUT2D eigenvalue weighted by atomic mass is 10.1. The van der Waals surface area contributed by atoms with Crippen LogP contribution in [0.2, 0.25) is 0 Å². The van der Waals surface area contributed by atoms with Gasteiger partial charge in [-0.05, 0) is 87.3 Å². The Labute approximate surface area is 224 Å². The number of benzene rings is 2. The molecule has 10 heteroatoms. The standard InChI is InChI=1S/C26H34N4O3S2.ClH/c1-5-28(6-2)15-16-30(26-27-23-17-19(3)20(4)18-24(23)34-26)25(31)21-9-11-22(12-10-21)35(32,33)29-13-7-8-14-29;/h9-12,17-18H,5-8,13-16H2,1-4H3;1H. The first kappa shape index (κ1) is 28.5. The molecule has 1 fully saturated rings. The van der Waals surface area contributed by atoms with Crippen LogP contribution in [0.5, 0.6) is 0 Å². The van der Waals surface area contributed by atoms with Crippen molar-refractivity contribution < 1.29 is 13.2 Å². The number of nitrogens with zero attached hydrogens (tertiary/aromatic N) is 4. The van der Waals surface area contributed by atoms with Gasteiger partial charge in [0.15, 0.2) is 5.13 Å². The lowest BCUT2D eigenvalue weighted by Crippen LogP contribution is -2.38. The fourth-order valence-corrected chi connectivity index (χ4v) is 6.94. The van der Waals surface area contributed by atoms with Gasteiger partial charge in [-0.1, -0.05) is 25.2 Å². The van der Waals surface area contributed by atoms with Crippen molar-refractivity contribution >= 4 is 55.0 Å². The Kier molecular flexibility index (Phi) is 9.51.